The summed E-state index contributed by atoms with van der Waals surface area (Å²) in [6.45, 7) is 2.03. The molecule has 12 heteroatoms. The van der Waals surface area contributed by atoms with E-state index in [0.29, 0.717) is 31.5 Å². The van der Waals surface area contributed by atoms with Crippen molar-refractivity contribution in [2.24, 2.45) is 0 Å². The Labute approximate surface area is 373 Å². The molecule has 0 aromatic heterocycles. The maximum atomic E-state index is 12.6. The Kier molecular flexibility index (Phi) is 36.5. The van der Waals surface area contributed by atoms with E-state index in [1.807, 2.05) is 24.3 Å². The first-order valence-corrected chi connectivity index (χ1v) is 24.1. The molecular formula is C50H77O11P. The summed E-state index contributed by atoms with van der Waals surface area (Å²) in [5, 5.41) is 18.4. The van der Waals surface area contributed by atoms with Gasteiger partial charge in [0.2, 0.25) is 0 Å². The molecular weight excluding hydrogens is 808 g/mol. The summed E-state index contributed by atoms with van der Waals surface area (Å²) in [5.41, 5.74) is 0. The Morgan fingerprint density at radius 1 is 0.581 bits per heavy atom. The molecule has 1 fully saturated rings. The molecule has 0 amide bonds. The lowest BCUT2D eigenvalue weighted by Gasteiger charge is -2.20. The van der Waals surface area contributed by atoms with E-state index in [1.165, 1.54) is 19.3 Å². The van der Waals surface area contributed by atoms with Crippen molar-refractivity contribution in [1.29, 1.82) is 0 Å². The van der Waals surface area contributed by atoms with Crippen LogP contribution >= 0.6 is 7.82 Å². The smallest absolute Gasteiger partial charge is 0.462 e. The molecule has 0 saturated carbocycles. The minimum Gasteiger partial charge on any atom is -0.462 e. The first kappa shape index (κ1) is 56.3. The second-order valence-corrected chi connectivity index (χ2v) is 16.2. The van der Waals surface area contributed by atoms with Crippen molar-refractivity contribution in [3.05, 3.63) is 122 Å². The van der Waals surface area contributed by atoms with Crippen LogP contribution in [0, 0.1) is 0 Å². The fraction of sp³-hybridized carbons (Fsp3) is 0.560. The van der Waals surface area contributed by atoms with Gasteiger partial charge in [0.15, 0.2) is 6.10 Å². The van der Waals surface area contributed by atoms with Crippen molar-refractivity contribution in [3.63, 3.8) is 0 Å². The highest BCUT2D eigenvalue weighted by Crippen LogP contribution is 2.43. The third kappa shape index (κ3) is 36.9. The molecule has 3 unspecified atom stereocenters. The first-order chi connectivity index (χ1) is 30.2. The number of aliphatic hydroxyl groups is 2. The van der Waals surface area contributed by atoms with Crippen LogP contribution in [0.15, 0.2) is 122 Å². The standard InChI is InChI=1S/C50H77O11P/c1-3-5-7-8-9-10-11-12-13-14-15-16-17-18-23-26-29-32-36-40-50(54)60-46(44-59-62(55,56)58-42-45(52)41-51)43-57-49(53)39-35-31-28-25-22-20-19-21-24-27-30-34-38-48-47(61-48)37-33-6-4-2/h6,9-10,12-13,15-16,18,20-24,28-34,45-48,51-52H,3-5,7-8,11,14,17,19,25-27,35-44H2,1-2H3,(H,55,56)/b10-9-,13-12-,16-15-,22-20-,23-18-,24-21-,31-28-,32-29-,33-6-,34-30-/t45-,46+,47?,48?/m0/s1. The minimum atomic E-state index is -4.67. The normalized spacial score (nSPS) is 18.1. The number of hydrogen-bond donors (Lipinski definition) is 3. The third-order valence-electron chi connectivity index (χ3n) is 9.03. The fourth-order valence-electron chi connectivity index (χ4n) is 5.45. The number of allylic oxidation sites excluding steroid dienone is 18. The predicted molar refractivity (Wildman–Crippen MR) is 250 cm³/mol. The van der Waals surface area contributed by atoms with Gasteiger partial charge in [-0.25, -0.2) is 4.57 Å². The van der Waals surface area contributed by atoms with E-state index in [2.05, 4.69) is 116 Å². The Morgan fingerprint density at radius 2 is 1.02 bits per heavy atom. The van der Waals surface area contributed by atoms with Gasteiger partial charge in [-0.1, -0.05) is 148 Å². The number of carbonyl (C=O) groups excluding carboxylic acids is 2. The molecule has 1 aliphatic heterocycles. The van der Waals surface area contributed by atoms with E-state index >= 15 is 0 Å². The molecule has 62 heavy (non-hydrogen) atoms. The zero-order valence-electron chi connectivity index (χ0n) is 37.5. The van der Waals surface area contributed by atoms with Crippen LogP contribution in [0.5, 0.6) is 0 Å². The van der Waals surface area contributed by atoms with Gasteiger partial charge in [-0.2, -0.15) is 0 Å². The zero-order valence-corrected chi connectivity index (χ0v) is 38.4. The van der Waals surface area contributed by atoms with Crippen LogP contribution in [-0.2, 0) is 37.4 Å². The summed E-state index contributed by atoms with van der Waals surface area (Å²) in [6.07, 6.45) is 55.2. The quantitative estimate of drug-likeness (QED) is 0.0177. The summed E-state index contributed by atoms with van der Waals surface area (Å²) in [5.74, 6) is -1.14. The second kappa shape index (κ2) is 40.1. The molecule has 0 aliphatic carbocycles. The van der Waals surface area contributed by atoms with Crippen molar-refractivity contribution >= 4 is 19.8 Å². The molecule has 3 N–H and O–H groups in total. The van der Waals surface area contributed by atoms with E-state index < -0.39 is 58.4 Å². The summed E-state index contributed by atoms with van der Waals surface area (Å²) in [6, 6.07) is 0. The van der Waals surface area contributed by atoms with Crippen molar-refractivity contribution in [1.82, 2.24) is 0 Å². The van der Waals surface area contributed by atoms with Gasteiger partial charge in [0.25, 0.3) is 0 Å². The highest BCUT2D eigenvalue weighted by atomic mass is 31.2. The molecule has 1 rings (SSSR count). The molecule has 1 saturated heterocycles. The molecule has 348 valence electrons. The van der Waals surface area contributed by atoms with E-state index in [-0.39, 0.29) is 12.8 Å². The number of rotatable bonds is 39. The average molecular weight is 885 g/mol. The Hall–Kier alpha value is -3.67. The van der Waals surface area contributed by atoms with Crippen LogP contribution in [-0.4, -0.2) is 77.9 Å². The molecule has 1 heterocycles. The summed E-state index contributed by atoms with van der Waals surface area (Å²) in [4.78, 5) is 35.0. The molecule has 0 aromatic carbocycles. The summed E-state index contributed by atoms with van der Waals surface area (Å²) >= 11 is 0. The fourth-order valence-corrected chi connectivity index (χ4v) is 6.24. The van der Waals surface area contributed by atoms with Gasteiger partial charge >= 0.3 is 19.8 Å². The van der Waals surface area contributed by atoms with E-state index in [9.17, 15) is 24.2 Å². The zero-order chi connectivity index (χ0) is 45.2. The molecule has 1 aliphatic rings. The molecule has 5 atom stereocenters. The van der Waals surface area contributed by atoms with Crippen LogP contribution in [0.4, 0.5) is 0 Å². The van der Waals surface area contributed by atoms with Crippen LogP contribution in [0.1, 0.15) is 129 Å². The number of epoxide rings is 1. The van der Waals surface area contributed by atoms with Crippen LogP contribution < -0.4 is 0 Å². The lowest BCUT2D eigenvalue weighted by atomic mass is 10.1. The SMILES string of the molecule is CC/C=C\CC1OC1C/C=C\C/C=C\C/C=C\C/C=C\CCC(=O)OC[C@H](COP(=O)(O)OC[C@@H](O)CO)OC(=O)CC/C=C\C/C=C\C/C=C\C/C=C\C/C=C\CCCCC. The van der Waals surface area contributed by atoms with Gasteiger partial charge in [-0.3, -0.25) is 18.6 Å². The van der Waals surface area contributed by atoms with Gasteiger partial charge in [-0.15, -0.1) is 0 Å². The van der Waals surface area contributed by atoms with Crippen LogP contribution in [0.2, 0.25) is 0 Å². The van der Waals surface area contributed by atoms with E-state index in [0.717, 1.165) is 64.2 Å². The van der Waals surface area contributed by atoms with Crippen molar-refractivity contribution < 1.29 is 52.5 Å². The maximum Gasteiger partial charge on any atom is 0.472 e. The number of unbranched alkanes of at least 4 members (excludes halogenated alkanes) is 3. The number of esters is 2. The number of phosphoric ester groups is 1. The van der Waals surface area contributed by atoms with Gasteiger partial charge in [-0.05, 0) is 89.9 Å². The largest absolute Gasteiger partial charge is 0.472 e. The van der Waals surface area contributed by atoms with Crippen molar-refractivity contribution in [3.8, 4) is 0 Å². The molecule has 11 nitrogen and oxygen atoms in total. The molecule has 0 radical (unpaired) electrons. The van der Waals surface area contributed by atoms with Gasteiger partial charge in [0.1, 0.15) is 12.7 Å². The third-order valence-corrected chi connectivity index (χ3v) is 9.98. The maximum absolute atomic E-state index is 12.6. The van der Waals surface area contributed by atoms with Gasteiger partial charge < -0.3 is 29.3 Å². The lowest BCUT2D eigenvalue weighted by Crippen LogP contribution is -2.29. The molecule has 0 aromatic rings. The average Bonchev–Trinajstić information content (AvgIpc) is 4.02. The van der Waals surface area contributed by atoms with Gasteiger partial charge in [0.05, 0.1) is 32.0 Å². The second-order valence-electron chi connectivity index (χ2n) is 14.7. The highest BCUT2D eigenvalue weighted by molar-refractivity contribution is 7.47. The predicted octanol–water partition coefficient (Wildman–Crippen LogP) is 11.3. The Bertz CT molecular complexity index is 1500. The summed E-state index contributed by atoms with van der Waals surface area (Å²) in [7, 11) is -4.67. The molecule has 0 bridgehead atoms. The number of aliphatic hydroxyl groups excluding tert-OH is 2. The lowest BCUT2D eigenvalue weighted by molar-refractivity contribution is -0.161. The Morgan fingerprint density at radius 3 is 1.50 bits per heavy atom. The summed E-state index contributed by atoms with van der Waals surface area (Å²) < 4.78 is 38.2. The number of phosphoric acid groups is 1. The van der Waals surface area contributed by atoms with E-state index in [4.69, 9.17) is 23.8 Å². The first-order valence-electron chi connectivity index (χ1n) is 22.6. The number of hydrogen-bond acceptors (Lipinski definition) is 10. The highest BCUT2D eigenvalue weighted by Gasteiger charge is 2.36. The van der Waals surface area contributed by atoms with E-state index in [1.54, 1.807) is 0 Å². The monoisotopic (exact) mass is 885 g/mol. The number of carbonyl (C=O) groups is 2. The topological polar surface area (TPSA) is 161 Å². The van der Waals surface area contributed by atoms with Gasteiger partial charge in [0, 0.05) is 12.8 Å². The van der Waals surface area contributed by atoms with Crippen molar-refractivity contribution in [2.45, 2.75) is 154 Å². The minimum absolute atomic E-state index is 0.0348. The van der Waals surface area contributed by atoms with Crippen LogP contribution in [0.25, 0.3) is 0 Å². The number of ether oxygens (including phenoxy) is 3. The Balaban J connectivity index is 2.35. The van der Waals surface area contributed by atoms with Crippen LogP contribution in [0.3, 0.4) is 0 Å². The molecule has 0 spiro atoms. The van der Waals surface area contributed by atoms with Crippen molar-refractivity contribution in [2.75, 3.05) is 26.4 Å².